The molecular formula is C13H20N2S. The lowest BCUT2D eigenvalue weighted by atomic mass is 10.2. The van der Waals surface area contributed by atoms with Gasteiger partial charge < -0.3 is 5.32 Å². The van der Waals surface area contributed by atoms with Crippen molar-refractivity contribution in [2.24, 2.45) is 0 Å². The quantitative estimate of drug-likeness (QED) is 0.851. The van der Waals surface area contributed by atoms with E-state index < -0.39 is 0 Å². The number of hydrogen-bond donors (Lipinski definition) is 1. The lowest BCUT2D eigenvalue weighted by Crippen LogP contribution is -2.33. The Kier molecular flexibility index (Phi) is 4.67. The Hall–Kier alpha value is -0.540. The molecule has 16 heavy (non-hydrogen) atoms. The van der Waals surface area contributed by atoms with Crippen LogP contribution in [0, 0.1) is 0 Å². The lowest BCUT2D eigenvalue weighted by Gasteiger charge is -2.20. The van der Waals surface area contributed by atoms with Crippen LogP contribution in [0.2, 0.25) is 0 Å². The Morgan fingerprint density at radius 2 is 2.19 bits per heavy atom. The normalized spacial score (nSPS) is 24.8. The molecule has 88 valence electrons. The molecule has 2 nitrogen and oxygen atoms in total. The molecule has 3 heteroatoms. The molecular weight excluding hydrogens is 216 g/mol. The summed E-state index contributed by atoms with van der Waals surface area (Å²) >= 11 is 2.11. The molecule has 1 aromatic heterocycles. The number of nitrogens with zero attached hydrogens (tertiary/aromatic N) is 1. The highest BCUT2D eigenvalue weighted by atomic mass is 32.2. The molecule has 0 bridgehead atoms. The van der Waals surface area contributed by atoms with E-state index in [0.29, 0.717) is 6.04 Å². The first-order valence-electron chi connectivity index (χ1n) is 6.14. The minimum absolute atomic E-state index is 0.707. The molecule has 1 aliphatic rings. The molecule has 0 spiro atoms. The zero-order valence-electron chi connectivity index (χ0n) is 9.86. The highest BCUT2D eigenvalue weighted by Crippen LogP contribution is 2.29. The summed E-state index contributed by atoms with van der Waals surface area (Å²) in [6, 6.07) is 4.88. The topological polar surface area (TPSA) is 24.9 Å². The molecule has 1 heterocycles. The van der Waals surface area contributed by atoms with Crippen LogP contribution in [0.4, 0.5) is 0 Å². The van der Waals surface area contributed by atoms with Crippen LogP contribution in [-0.2, 0) is 6.54 Å². The Labute approximate surface area is 102 Å². The zero-order chi connectivity index (χ0) is 11.2. The van der Waals surface area contributed by atoms with Gasteiger partial charge in [0.25, 0.3) is 0 Å². The van der Waals surface area contributed by atoms with Crippen LogP contribution in [0.1, 0.15) is 31.7 Å². The summed E-state index contributed by atoms with van der Waals surface area (Å²) in [5.41, 5.74) is 1.34. The number of thioether (sulfide) groups is 1. The van der Waals surface area contributed by atoms with E-state index in [9.17, 15) is 0 Å². The molecule has 0 radical (unpaired) electrons. The fourth-order valence-electron chi connectivity index (χ4n) is 2.32. The maximum atomic E-state index is 4.04. The summed E-state index contributed by atoms with van der Waals surface area (Å²) in [4.78, 5) is 4.04. The maximum absolute atomic E-state index is 4.04. The fraction of sp³-hybridized carbons (Fsp3) is 0.615. The lowest BCUT2D eigenvalue weighted by molar-refractivity contribution is 0.532. The predicted molar refractivity (Wildman–Crippen MR) is 70.6 cm³/mol. The number of hydrogen-bond acceptors (Lipinski definition) is 3. The van der Waals surface area contributed by atoms with Crippen LogP contribution in [0.5, 0.6) is 0 Å². The van der Waals surface area contributed by atoms with Crippen LogP contribution in [-0.4, -0.2) is 22.0 Å². The Balaban J connectivity index is 1.81. The van der Waals surface area contributed by atoms with Crippen molar-refractivity contribution in [3.63, 3.8) is 0 Å². The van der Waals surface area contributed by atoms with Crippen LogP contribution in [0.15, 0.2) is 24.5 Å². The van der Waals surface area contributed by atoms with E-state index in [1.54, 1.807) is 0 Å². The molecule has 2 rings (SSSR count). The average molecular weight is 236 g/mol. The van der Waals surface area contributed by atoms with Gasteiger partial charge in [0.05, 0.1) is 0 Å². The van der Waals surface area contributed by atoms with Gasteiger partial charge in [-0.25, -0.2) is 0 Å². The number of aromatic nitrogens is 1. The molecule has 0 amide bonds. The van der Waals surface area contributed by atoms with E-state index in [1.165, 1.54) is 30.6 Å². The van der Waals surface area contributed by atoms with Crippen LogP contribution in [0.25, 0.3) is 0 Å². The van der Waals surface area contributed by atoms with Gasteiger partial charge in [-0.2, -0.15) is 11.8 Å². The number of nitrogens with one attached hydrogen (secondary N) is 1. The number of rotatable bonds is 5. The van der Waals surface area contributed by atoms with Gasteiger partial charge in [-0.05, 0) is 36.3 Å². The van der Waals surface area contributed by atoms with E-state index in [2.05, 4.69) is 41.1 Å². The summed E-state index contributed by atoms with van der Waals surface area (Å²) in [5, 5.41) is 4.51. The minimum Gasteiger partial charge on any atom is -0.309 e. The van der Waals surface area contributed by atoms with Gasteiger partial charge in [-0.1, -0.05) is 13.3 Å². The second kappa shape index (κ2) is 6.26. The molecule has 1 aliphatic carbocycles. The summed E-state index contributed by atoms with van der Waals surface area (Å²) in [6.45, 7) is 3.23. The van der Waals surface area contributed by atoms with E-state index >= 15 is 0 Å². The van der Waals surface area contributed by atoms with Gasteiger partial charge in [0.1, 0.15) is 0 Å². The smallest absolute Gasteiger partial charge is 0.0271 e. The van der Waals surface area contributed by atoms with Crippen molar-refractivity contribution < 1.29 is 0 Å². The first-order valence-corrected chi connectivity index (χ1v) is 7.19. The van der Waals surface area contributed by atoms with Crippen molar-refractivity contribution in [2.45, 2.75) is 44.0 Å². The molecule has 2 atom stereocenters. The van der Waals surface area contributed by atoms with Crippen molar-refractivity contribution in [1.82, 2.24) is 10.3 Å². The first kappa shape index (κ1) is 11.9. The van der Waals surface area contributed by atoms with Crippen LogP contribution in [0.3, 0.4) is 0 Å². The van der Waals surface area contributed by atoms with Crippen molar-refractivity contribution in [2.75, 3.05) is 5.75 Å². The van der Waals surface area contributed by atoms with Crippen molar-refractivity contribution in [3.05, 3.63) is 30.1 Å². The van der Waals surface area contributed by atoms with Crippen molar-refractivity contribution in [3.8, 4) is 0 Å². The largest absolute Gasteiger partial charge is 0.309 e. The van der Waals surface area contributed by atoms with Gasteiger partial charge >= 0.3 is 0 Å². The molecule has 1 fully saturated rings. The van der Waals surface area contributed by atoms with Gasteiger partial charge in [0.2, 0.25) is 0 Å². The van der Waals surface area contributed by atoms with Crippen LogP contribution >= 0.6 is 11.8 Å². The molecule has 1 N–H and O–H groups in total. The average Bonchev–Trinajstić information content (AvgIpc) is 2.76. The van der Waals surface area contributed by atoms with Crippen molar-refractivity contribution in [1.29, 1.82) is 0 Å². The number of pyridine rings is 1. The standard InChI is InChI=1S/C13H20N2S/c1-2-16-13-5-3-4-12(13)15-10-11-6-8-14-9-7-11/h6-9,12-13,15H,2-5,10H2,1H3. The SMILES string of the molecule is CCSC1CCCC1NCc1ccncc1. The molecule has 1 saturated carbocycles. The minimum atomic E-state index is 0.707. The van der Waals surface area contributed by atoms with E-state index in [0.717, 1.165) is 11.8 Å². The third kappa shape index (κ3) is 3.22. The highest BCUT2D eigenvalue weighted by Gasteiger charge is 2.26. The Morgan fingerprint density at radius 1 is 1.38 bits per heavy atom. The summed E-state index contributed by atoms with van der Waals surface area (Å²) in [5.74, 6) is 1.23. The first-order chi connectivity index (χ1) is 7.90. The maximum Gasteiger partial charge on any atom is 0.0271 e. The van der Waals surface area contributed by atoms with Gasteiger partial charge in [0, 0.05) is 30.2 Å². The Bertz CT molecular complexity index is 302. The molecule has 1 aromatic rings. The summed E-state index contributed by atoms with van der Waals surface area (Å²) < 4.78 is 0. The second-order valence-electron chi connectivity index (χ2n) is 4.27. The predicted octanol–water partition coefficient (Wildman–Crippen LogP) is 2.85. The third-order valence-electron chi connectivity index (χ3n) is 3.15. The van der Waals surface area contributed by atoms with Gasteiger partial charge in [0.15, 0.2) is 0 Å². The summed E-state index contributed by atoms with van der Waals surface area (Å²) in [6.07, 6.45) is 7.83. The molecule has 2 unspecified atom stereocenters. The van der Waals surface area contributed by atoms with Gasteiger partial charge in [-0.3, -0.25) is 4.98 Å². The second-order valence-corrected chi connectivity index (χ2v) is 5.78. The monoisotopic (exact) mass is 236 g/mol. The van der Waals surface area contributed by atoms with Crippen LogP contribution < -0.4 is 5.32 Å². The molecule has 0 aromatic carbocycles. The van der Waals surface area contributed by atoms with E-state index in [1.807, 2.05) is 12.4 Å². The van der Waals surface area contributed by atoms with Gasteiger partial charge in [-0.15, -0.1) is 0 Å². The van der Waals surface area contributed by atoms with E-state index in [4.69, 9.17) is 0 Å². The highest BCUT2D eigenvalue weighted by molar-refractivity contribution is 7.99. The fourth-order valence-corrected chi connectivity index (χ4v) is 3.55. The Morgan fingerprint density at radius 3 is 2.94 bits per heavy atom. The molecule has 0 saturated heterocycles. The third-order valence-corrected chi connectivity index (χ3v) is 4.48. The zero-order valence-corrected chi connectivity index (χ0v) is 10.7. The van der Waals surface area contributed by atoms with E-state index in [-0.39, 0.29) is 0 Å². The summed E-state index contributed by atoms with van der Waals surface area (Å²) in [7, 11) is 0. The molecule has 0 aliphatic heterocycles. The van der Waals surface area contributed by atoms with Crippen molar-refractivity contribution >= 4 is 11.8 Å².